The summed E-state index contributed by atoms with van der Waals surface area (Å²) in [6.45, 7) is 11.3. The maximum Gasteiger partial charge on any atom is -0.0200 e. The van der Waals surface area contributed by atoms with E-state index in [-0.39, 0.29) is 0 Å². The van der Waals surface area contributed by atoms with Gasteiger partial charge in [0.15, 0.2) is 0 Å². The molecular formula is C12H21PS. The molecule has 0 nitrogen and oxygen atoms in total. The van der Waals surface area contributed by atoms with Crippen LogP contribution in [0, 0.1) is 0 Å². The lowest BCUT2D eigenvalue weighted by Gasteiger charge is -2.20. The quantitative estimate of drug-likeness (QED) is 0.421. The Morgan fingerprint density at radius 2 is 1.07 bits per heavy atom. The fourth-order valence-electron chi connectivity index (χ4n) is 1.32. The van der Waals surface area contributed by atoms with E-state index in [4.69, 9.17) is 11.8 Å². The zero-order chi connectivity index (χ0) is 10.9. The number of hydrogen-bond donors (Lipinski definition) is 0. The van der Waals surface area contributed by atoms with E-state index in [0.29, 0.717) is 0 Å². The summed E-state index contributed by atoms with van der Waals surface area (Å²) in [6.07, 6.45) is 12.6. The van der Waals surface area contributed by atoms with E-state index in [1.54, 1.807) is 0 Å². The van der Waals surface area contributed by atoms with Gasteiger partial charge in [0.1, 0.15) is 0 Å². The Labute approximate surface area is 93.8 Å². The van der Waals surface area contributed by atoms with Crippen LogP contribution in [0.25, 0.3) is 0 Å². The molecule has 0 aliphatic rings. The van der Waals surface area contributed by atoms with E-state index in [2.05, 4.69) is 19.7 Å². The van der Waals surface area contributed by atoms with Crippen molar-refractivity contribution in [3.63, 3.8) is 0 Å². The van der Waals surface area contributed by atoms with Crippen molar-refractivity contribution < 1.29 is 0 Å². The van der Waals surface area contributed by atoms with Gasteiger partial charge >= 0.3 is 0 Å². The Bertz CT molecular complexity index is 192. The molecule has 0 aromatic heterocycles. The van der Waals surface area contributed by atoms with Crippen LogP contribution in [-0.4, -0.2) is 18.5 Å². The first-order valence-corrected chi connectivity index (χ1v) is 8.44. The van der Waals surface area contributed by atoms with Crippen LogP contribution in [0.1, 0.15) is 19.3 Å². The smallest absolute Gasteiger partial charge is 0.0200 e. The standard InChI is InChI=1S/C12H21PS/c1-4-7-10-13(14,11-8-5-2)12-9-6-3/h4-6H,1-3,7-12H2. The SMILES string of the molecule is C=CCCP(=S)(CCC=C)CCC=C. The van der Waals surface area contributed by atoms with Gasteiger partial charge in [0.2, 0.25) is 0 Å². The van der Waals surface area contributed by atoms with Gasteiger partial charge in [-0.3, -0.25) is 0 Å². The fourth-order valence-corrected chi connectivity index (χ4v) is 4.89. The Kier molecular flexibility index (Phi) is 8.12. The highest BCUT2D eigenvalue weighted by Crippen LogP contribution is 2.47. The first-order chi connectivity index (χ1) is 6.68. The van der Waals surface area contributed by atoms with Crippen molar-refractivity contribution in [1.29, 1.82) is 0 Å². The van der Waals surface area contributed by atoms with Crippen molar-refractivity contribution in [3.8, 4) is 0 Å². The van der Waals surface area contributed by atoms with E-state index in [1.165, 1.54) is 0 Å². The molecule has 80 valence electrons. The molecule has 0 amide bonds. The molecule has 0 aliphatic carbocycles. The summed E-state index contributed by atoms with van der Waals surface area (Å²) < 4.78 is 0. The molecule has 0 spiro atoms. The van der Waals surface area contributed by atoms with E-state index in [9.17, 15) is 0 Å². The summed E-state index contributed by atoms with van der Waals surface area (Å²) in [7, 11) is 0. The van der Waals surface area contributed by atoms with Crippen LogP contribution < -0.4 is 0 Å². The van der Waals surface area contributed by atoms with Crippen LogP contribution in [-0.2, 0) is 11.8 Å². The van der Waals surface area contributed by atoms with Gasteiger partial charge in [-0.1, -0.05) is 30.0 Å². The van der Waals surface area contributed by atoms with Gasteiger partial charge in [-0.2, -0.15) is 0 Å². The molecule has 0 aromatic rings. The van der Waals surface area contributed by atoms with Gasteiger partial charge in [-0.15, -0.1) is 19.7 Å². The molecule has 14 heavy (non-hydrogen) atoms. The minimum Gasteiger partial charge on any atom is -0.103 e. The first-order valence-electron chi connectivity index (χ1n) is 5.08. The summed E-state index contributed by atoms with van der Waals surface area (Å²) in [5.74, 6) is 0. The van der Waals surface area contributed by atoms with Crippen molar-refractivity contribution in [2.24, 2.45) is 0 Å². The average molecular weight is 228 g/mol. The highest BCUT2D eigenvalue weighted by Gasteiger charge is 2.13. The molecule has 0 N–H and O–H groups in total. The second-order valence-corrected chi connectivity index (χ2v) is 9.24. The van der Waals surface area contributed by atoms with Gasteiger partial charge in [-0.25, -0.2) is 0 Å². The minimum atomic E-state index is -1.15. The topological polar surface area (TPSA) is 0 Å². The molecule has 0 atom stereocenters. The summed E-state index contributed by atoms with van der Waals surface area (Å²) in [6, 6.07) is -1.15. The van der Waals surface area contributed by atoms with Crippen molar-refractivity contribution in [2.75, 3.05) is 18.5 Å². The van der Waals surface area contributed by atoms with Crippen LogP contribution >= 0.6 is 6.04 Å². The molecule has 0 aromatic carbocycles. The molecular weight excluding hydrogens is 207 g/mol. The van der Waals surface area contributed by atoms with Crippen LogP contribution in [0.15, 0.2) is 38.0 Å². The van der Waals surface area contributed by atoms with Gasteiger partial charge in [0.05, 0.1) is 0 Å². The Hall–Kier alpha value is -0.130. The number of rotatable bonds is 9. The average Bonchev–Trinajstić information content (AvgIpc) is 2.21. The largest absolute Gasteiger partial charge is 0.103 e. The maximum atomic E-state index is 5.77. The third-order valence-electron chi connectivity index (χ3n) is 2.22. The zero-order valence-corrected chi connectivity index (χ0v) is 10.7. The van der Waals surface area contributed by atoms with Gasteiger partial charge in [-0.05, 0) is 43.8 Å². The number of allylic oxidation sites excluding steroid dienone is 3. The van der Waals surface area contributed by atoms with Gasteiger partial charge < -0.3 is 0 Å². The minimum absolute atomic E-state index is 1.06. The van der Waals surface area contributed by atoms with E-state index >= 15 is 0 Å². The molecule has 0 saturated heterocycles. The second-order valence-electron chi connectivity index (χ2n) is 3.46. The van der Waals surface area contributed by atoms with Crippen LogP contribution in [0.2, 0.25) is 0 Å². The molecule has 0 unspecified atom stereocenters. The Morgan fingerprint density at radius 3 is 1.29 bits per heavy atom. The van der Waals surface area contributed by atoms with E-state index in [0.717, 1.165) is 37.7 Å². The molecule has 0 heterocycles. The zero-order valence-electron chi connectivity index (χ0n) is 8.95. The predicted octanol–water partition coefficient (Wildman–Crippen LogP) is 4.19. The molecule has 0 radical (unpaired) electrons. The molecule has 0 rings (SSSR count). The fraction of sp³-hybridized carbons (Fsp3) is 0.500. The monoisotopic (exact) mass is 228 g/mol. The van der Waals surface area contributed by atoms with E-state index < -0.39 is 6.04 Å². The summed E-state index contributed by atoms with van der Waals surface area (Å²) in [5, 5.41) is 0. The molecule has 2 heteroatoms. The van der Waals surface area contributed by atoms with Crippen LogP contribution in [0.4, 0.5) is 0 Å². The number of hydrogen-bond acceptors (Lipinski definition) is 1. The highest BCUT2D eigenvalue weighted by molar-refractivity contribution is 8.14. The van der Waals surface area contributed by atoms with Crippen molar-refractivity contribution >= 4 is 17.8 Å². The van der Waals surface area contributed by atoms with Crippen LogP contribution in [0.3, 0.4) is 0 Å². The van der Waals surface area contributed by atoms with E-state index in [1.807, 2.05) is 18.2 Å². The summed E-state index contributed by atoms with van der Waals surface area (Å²) in [4.78, 5) is 0. The third kappa shape index (κ3) is 6.34. The Balaban J connectivity index is 4.15. The lowest BCUT2D eigenvalue weighted by Crippen LogP contribution is -1.98. The van der Waals surface area contributed by atoms with Crippen molar-refractivity contribution in [3.05, 3.63) is 38.0 Å². The summed E-state index contributed by atoms with van der Waals surface area (Å²) >= 11 is 5.77. The van der Waals surface area contributed by atoms with Crippen molar-refractivity contribution in [2.45, 2.75) is 19.3 Å². The van der Waals surface area contributed by atoms with Gasteiger partial charge in [0, 0.05) is 0 Å². The molecule has 0 saturated carbocycles. The molecule has 0 aliphatic heterocycles. The van der Waals surface area contributed by atoms with Crippen LogP contribution in [0.5, 0.6) is 0 Å². The Morgan fingerprint density at radius 1 is 0.786 bits per heavy atom. The normalized spacial score (nSPS) is 10.9. The third-order valence-corrected chi connectivity index (χ3v) is 7.09. The maximum absolute atomic E-state index is 5.77. The van der Waals surface area contributed by atoms with Gasteiger partial charge in [0.25, 0.3) is 0 Å². The summed E-state index contributed by atoms with van der Waals surface area (Å²) in [5.41, 5.74) is 0. The van der Waals surface area contributed by atoms with Crippen molar-refractivity contribution in [1.82, 2.24) is 0 Å². The lowest BCUT2D eigenvalue weighted by molar-refractivity contribution is 1.13. The highest BCUT2D eigenvalue weighted by atomic mass is 32.4. The first kappa shape index (κ1) is 13.9. The molecule has 0 fully saturated rings. The predicted molar refractivity (Wildman–Crippen MR) is 73.3 cm³/mol. The molecule has 0 bridgehead atoms. The second kappa shape index (κ2) is 8.20. The lowest BCUT2D eigenvalue weighted by atomic mass is 10.5.